The van der Waals surface area contributed by atoms with Gasteiger partial charge in [-0.1, -0.05) is 47.7 Å². The number of carbonyl (C=O) groups is 1. The highest BCUT2D eigenvalue weighted by molar-refractivity contribution is 6.34. The van der Waals surface area contributed by atoms with E-state index in [0.29, 0.717) is 11.5 Å². The molecule has 5 aromatic rings. The molecule has 0 fully saturated rings. The van der Waals surface area contributed by atoms with Crippen LogP contribution in [0.3, 0.4) is 0 Å². The SMILES string of the molecule is Cc1cc(C#Cc2ccccc2)cnc1NC(=O)c1c(Cl)nn(C)c1-c1ccc2c(cnn2C)c1. The van der Waals surface area contributed by atoms with Crippen molar-refractivity contribution in [3.05, 3.63) is 94.4 Å². The van der Waals surface area contributed by atoms with Crippen molar-refractivity contribution in [2.45, 2.75) is 6.92 Å². The monoisotopic (exact) mass is 480 g/mol. The average molecular weight is 481 g/mol. The van der Waals surface area contributed by atoms with Crippen LogP contribution in [0.2, 0.25) is 5.15 Å². The molecule has 3 aromatic heterocycles. The lowest BCUT2D eigenvalue weighted by Crippen LogP contribution is -2.15. The summed E-state index contributed by atoms with van der Waals surface area (Å²) in [6.07, 6.45) is 3.42. The first-order valence-corrected chi connectivity index (χ1v) is 11.3. The number of carbonyl (C=O) groups excluding carboxylic acids is 1. The number of hydrogen-bond acceptors (Lipinski definition) is 4. The van der Waals surface area contributed by atoms with Crippen LogP contribution in [-0.4, -0.2) is 30.5 Å². The molecule has 5 rings (SSSR count). The van der Waals surface area contributed by atoms with Crippen molar-refractivity contribution in [3.63, 3.8) is 0 Å². The quantitative estimate of drug-likeness (QED) is 0.369. The molecule has 0 aliphatic carbocycles. The first kappa shape index (κ1) is 22.4. The van der Waals surface area contributed by atoms with Crippen molar-refractivity contribution in [3.8, 4) is 23.1 Å². The molecule has 3 heterocycles. The van der Waals surface area contributed by atoms with Crippen LogP contribution in [0.4, 0.5) is 5.82 Å². The van der Waals surface area contributed by atoms with Crippen LogP contribution in [0.15, 0.2) is 67.0 Å². The molecule has 0 unspecified atom stereocenters. The van der Waals surface area contributed by atoms with E-state index < -0.39 is 0 Å². The number of halogens is 1. The Balaban J connectivity index is 1.44. The van der Waals surface area contributed by atoms with Crippen molar-refractivity contribution in [2.75, 3.05) is 5.32 Å². The van der Waals surface area contributed by atoms with Gasteiger partial charge in [0, 0.05) is 42.4 Å². The Labute approximate surface area is 207 Å². The van der Waals surface area contributed by atoms with E-state index in [9.17, 15) is 4.79 Å². The molecular weight excluding hydrogens is 460 g/mol. The smallest absolute Gasteiger partial charge is 0.262 e. The van der Waals surface area contributed by atoms with Crippen molar-refractivity contribution >= 4 is 34.2 Å². The molecule has 35 heavy (non-hydrogen) atoms. The van der Waals surface area contributed by atoms with Crippen LogP contribution in [0.5, 0.6) is 0 Å². The molecule has 2 aromatic carbocycles. The van der Waals surface area contributed by atoms with Gasteiger partial charge in [0.15, 0.2) is 5.15 Å². The third kappa shape index (κ3) is 4.39. The minimum Gasteiger partial charge on any atom is -0.306 e. The van der Waals surface area contributed by atoms with E-state index >= 15 is 0 Å². The number of amides is 1. The van der Waals surface area contributed by atoms with E-state index in [1.165, 1.54) is 0 Å². The van der Waals surface area contributed by atoms with E-state index in [-0.39, 0.29) is 16.6 Å². The lowest BCUT2D eigenvalue weighted by molar-refractivity contribution is 0.102. The maximum atomic E-state index is 13.3. The summed E-state index contributed by atoms with van der Waals surface area (Å²) >= 11 is 6.40. The fourth-order valence-corrected chi connectivity index (χ4v) is 4.23. The number of aryl methyl sites for hydroxylation is 3. The van der Waals surface area contributed by atoms with E-state index in [0.717, 1.165) is 33.2 Å². The molecule has 0 saturated carbocycles. The predicted molar refractivity (Wildman–Crippen MR) is 137 cm³/mol. The summed E-state index contributed by atoms with van der Waals surface area (Å²) in [5.41, 5.74) is 5.17. The number of benzene rings is 2. The molecule has 0 spiro atoms. The number of hydrogen-bond donors (Lipinski definition) is 1. The second-order valence-electron chi connectivity index (χ2n) is 8.14. The topological polar surface area (TPSA) is 77.6 Å². The third-order valence-corrected chi connectivity index (χ3v) is 5.95. The summed E-state index contributed by atoms with van der Waals surface area (Å²) in [5, 5.41) is 12.5. The zero-order valence-electron chi connectivity index (χ0n) is 19.4. The fraction of sp³-hybridized carbons (Fsp3) is 0.111. The molecule has 0 radical (unpaired) electrons. The van der Waals surface area contributed by atoms with Crippen LogP contribution in [0, 0.1) is 18.8 Å². The largest absolute Gasteiger partial charge is 0.306 e. The third-order valence-electron chi connectivity index (χ3n) is 5.69. The Morgan fingerprint density at radius 1 is 0.971 bits per heavy atom. The van der Waals surface area contributed by atoms with Crippen LogP contribution in [0.25, 0.3) is 22.2 Å². The van der Waals surface area contributed by atoms with Crippen molar-refractivity contribution in [1.29, 1.82) is 0 Å². The van der Waals surface area contributed by atoms with E-state index in [1.807, 2.05) is 68.6 Å². The molecule has 1 amide bonds. The van der Waals surface area contributed by atoms with Gasteiger partial charge in [-0.05, 0) is 42.8 Å². The number of nitrogens with zero attached hydrogens (tertiary/aromatic N) is 5. The van der Waals surface area contributed by atoms with Gasteiger partial charge < -0.3 is 5.32 Å². The molecule has 172 valence electrons. The Kier molecular flexibility index (Phi) is 5.81. The van der Waals surface area contributed by atoms with Gasteiger partial charge in [0.2, 0.25) is 0 Å². The Morgan fingerprint density at radius 3 is 2.51 bits per heavy atom. The lowest BCUT2D eigenvalue weighted by Gasteiger charge is -2.10. The first-order valence-electron chi connectivity index (χ1n) is 10.9. The molecule has 1 N–H and O–H groups in total. The maximum absolute atomic E-state index is 13.3. The molecule has 0 aliphatic rings. The standard InChI is InChI=1S/C27H21ClN6O/c1-17-13-19(10-9-18-7-5-4-6-8-18)15-29-26(17)31-27(35)23-24(34(3)32-25(23)28)20-11-12-22-21(14-20)16-30-33(22)2/h4-8,11-16H,1-3H3,(H,29,31,35). The number of fused-ring (bicyclic) bond motifs is 1. The minimum absolute atomic E-state index is 0.120. The van der Waals surface area contributed by atoms with Gasteiger partial charge in [-0.15, -0.1) is 0 Å². The van der Waals surface area contributed by atoms with E-state index in [4.69, 9.17) is 11.6 Å². The summed E-state index contributed by atoms with van der Waals surface area (Å²) in [6, 6.07) is 17.5. The minimum atomic E-state index is -0.386. The zero-order chi connectivity index (χ0) is 24.5. The van der Waals surface area contributed by atoms with Gasteiger partial charge in [0.1, 0.15) is 11.4 Å². The van der Waals surface area contributed by atoms with Gasteiger partial charge in [0.25, 0.3) is 5.91 Å². The summed E-state index contributed by atoms with van der Waals surface area (Å²) in [7, 11) is 3.64. The van der Waals surface area contributed by atoms with Crippen LogP contribution in [-0.2, 0) is 14.1 Å². The summed E-state index contributed by atoms with van der Waals surface area (Å²) < 4.78 is 3.41. The molecule has 7 nitrogen and oxygen atoms in total. The fourth-order valence-electron chi connectivity index (χ4n) is 3.94. The maximum Gasteiger partial charge on any atom is 0.262 e. The van der Waals surface area contributed by atoms with Crippen molar-refractivity contribution in [1.82, 2.24) is 24.5 Å². The van der Waals surface area contributed by atoms with E-state index in [1.54, 1.807) is 28.8 Å². The van der Waals surface area contributed by atoms with Gasteiger partial charge in [-0.3, -0.25) is 14.2 Å². The highest BCUT2D eigenvalue weighted by atomic mass is 35.5. The Hall–Kier alpha value is -4.41. The van der Waals surface area contributed by atoms with Crippen molar-refractivity contribution < 1.29 is 4.79 Å². The molecule has 0 aliphatic heterocycles. The predicted octanol–water partition coefficient (Wildman–Crippen LogP) is 4.98. The lowest BCUT2D eigenvalue weighted by atomic mass is 10.1. The molecule has 0 bridgehead atoms. The summed E-state index contributed by atoms with van der Waals surface area (Å²) in [6.45, 7) is 1.87. The zero-order valence-corrected chi connectivity index (χ0v) is 20.1. The first-order chi connectivity index (χ1) is 16.9. The van der Waals surface area contributed by atoms with Gasteiger partial charge in [-0.25, -0.2) is 4.98 Å². The number of nitrogens with one attached hydrogen (secondary N) is 1. The summed E-state index contributed by atoms with van der Waals surface area (Å²) in [5.74, 6) is 6.27. The average Bonchev–Trinajstić information content (AvgIpc) is 3.37. The number of aromatic nitrogens is 5. The highest BCUT2D eigenvalue weighted by Gasteiger charge is 2.24. The molecule has 8 heteroatoms. The van der Waals surface area contributed by atoms with Crippen molar-refractivity contribution in [2.24, 2.45) is 14.1 Å². The van der Waals surface area contributed by atoms with Gasteiger partial charge in [-0.2, -0.15) is 10.2 Å². The number of rotatable bonds is 3. The van der Waals surface area contributed by atoms with Crippen LogP contribution >= 0.6 is 11.6 Å². The second-order valence-corrected chi connectivity index (χ2v) is 8.50. The highest BCUT2D eigenvalue weighted by Crippen LogP contribution is 2.31. The van der Waals surface area contributed by atoms with Crippen LogP contribution < -0.4 is 5.32 Å². The second kappa shape index (κ2) is 9.09. The Bertz CT molecular complexity index is 1640. The summed E-state index contributed by atoms with van der Waals surface area (Å²) in [4.78, 5) is 17.7. The van der Waals surface area contributed by atoms with Gasteiger partial charge >= 0.3 is 0 Å². The Morgan fingerprint density at radius 2 is 1.74 bits per heavy atom. The molecule has 0 atom stereocenters. The number of pyridine rings is 1. The molecule has 0 saturated heterocycles. The number of anilines is 1. The normalized spacial score (nSPS) is 10.7. The van der Waals surface area contributed by atoms with E-state index in [2.05, 4.69) is 32.3 Å². The van der Waals surface area contributed by atoms with Crippen LogP contribution in [0.1, 0.15) is 27.0 Å². The van der Waals surface area contributed by atoms with Gasteiger partial charge in [0.05, 0.1) is 17.4 Å². The molecular formula is C27H21ClN6O.